The van der Waals surface area contributed by atoms with Crippen molar-refractivity contribution in [1.82, 2.24) is 14.8 Å². The fourth-order valence-corrected chi connectivity index (χ4v) is 2.30. The Labute approximate surface area is 97.8 Å². The molecule has 2 N–H and O–H groups in total. The lowest BCUT2D eigenvalue weighted by Gasteiger charge is -2.06. The minimum Gasteiger partial charge on any atom is -0.508 e. The van der Waals surface area contributed by atoms with Gasteiger partial charge in [-0.3, -0.25) is 0 Å². The number of rotatable bonds is 3. The SMILES string of the molecule is Cn1ncnc1NS(=O)(=O)c1cccc(O)c1. The number of aryl methyl sites for hydroxylation is 1. The zero-order valence-corrected chi connectivity index (χ0v) is 9.72. The van der Waals surface area contributed by atoms with Gasteiger partial charge in [-0.15, -0.1) is 0 Å². The minimum atomic E-state index is -3.76. The molecule has 0 aliphatic carbocycles. The monoisotopic (exact) mass is 254 g/mol. The summed E-state index contributed by atoms with van der Waals surface area (Å²) >= 11 is 0. The number of phenolic OH excluding ortho intramolecular Hbond substituents is 1. The van der Waals surface area contributed by atoms with Gasteiger partial charge in [0.05, 0.1) is 4.90 Å². The summed E-state index contributed by atoms with van der Waals surface area (Å²) in [5.74, 6) is -0.0146. The smallest absolute Gasteiger partial charge is 0.264 e. The van der Waals surface area contributed by atoms with Gasteiger partial charge in [-0.2, -0.15) is 10.1 Å². The van der Waals surface area contributed by atoms with Crippen molar-refractivity contribution in [2.75, 3.05) is 4.72 Å². The van der Waals surface area contributed by atoms with Gasteiger partial charge in [-0.1, -0.05) is 6.07 Å². The molecule has 7 nitrogen and oxygen atoms in total. The number of anilines is 1. The summed E-state index contributed by atoms with van der Waals surface area (Å²) in [4.78, 5) is 3.71. The van der Waals surface area contributed by atoms with Crippen molar-refractivity contribution in [3.05, 3.63) is 30.6 Å². The molecule has 17 heavy (non-hydrogen) atoms. The number of nitrogens with zero attached hydrogens (tertiary/aromatic N) is 3. The molecule has 0 fully saturated rings. The first kappa shape index (κ1) is 11.4. The third kappa shape index (κ3) is 2.36. The highest BCUT2D eigenvalue weighted by Crippen LogP contribution is 2.18. The van der Waals surface area contributed by atoms with Crippen LogP contribution in [0.2, 0.25) is 0 Å². The van der Waals surface area contributed by atoms with Gasteiger partial charge in [-0.05, 0) is 12.1 Å². The van der Waals surface area contributed by atoms with Crippen LogP contribution in [-0.2, 0) is 17.1 Å². The number of nitrogens with one attached hydrogen (secondary N) is 1. The van der Waals surface area contributed by atoms with E-state index in [9.17, 15) is 13.5 Å². The molecule has 1 aromatic carbocycles. The number of phenols is 1. The molecule has 1 aromatic heterocycles. The van der Waals surface area contributed by atoms with Gasteiger partial charge in [-0.25, -0.2) is 17.8 Å². The number of hydrogen-bond acceptors (Lipinski definition) is 5. The Balaban J connectivity index is 2.35. The third-order valence-corrected chi connectivity index (χ3v) is 3.39. The molecule has 0 saturated heterocycles. The van der Waals surface area contributed by atoms with E-state index in [1.807, 2.05) is 0 Å². The van der Waals surface area contributed by atoms with E-state index in [4.69, 9.17) is 0 Å². The molecule has 2 rings (SSSR count). The Kier molecular flexibility index (Phi) is 2.72. The first-order valence-electron chi connectivity index (χ1n) is 4.65. The van der Waals surface area contributed by atoms with Crippen molar-refractivity contribution in [2.24, 2.45) is 7.05 Å². The summed E-state index contributed by atoms with van der Waals surface area (Å²) in [6, 6.07) is 5.36. The second-order valence-corrected chi connectivity index (χ2v) is 4.99. The standard InChI is InChI=1S/C9H10N4O3S/c1-13-9(10-6-11-13)12-17(15,16)8-4-2-3-7(14)5-8/h2-6,14H,1H3,(H,10,11,12). The summed E-state index contributed by atoms with van der Waals surface area (Å²) in [7, 11) is -2.20. The third-order valence-electron chi connectivity index (χ3n) is 2.06. The van der Waals surface area contributed by atoms with Gasteiger partial charge in [0.25, 0.3) is 10.0 Å². The summed E-state index contributed by atoms with van der Waals surface area (Å²) < 4.78 is 27.4. The van der Waals surface area contributed by atoms with E-state index < -0.39 is 10.0 Å². The maximum Gasteiger partial charge on any atom is 0.264 e. The van der Waals surface area contributed by atoms with Gasteiger partial charge < -0.3 is 5.11 Å². The number of hydrogen-bond donors (Lipinski definition) is 2. The fourth-order valence-electron chi connectivity index (χ4n) is 1.22. The molecule has 0 amide bonds. The molecule has 1 heterocycles. The van der Waals surface area contributed by atoms with Crippen LogP contribution in [0.4, 0.5) is 5.95 Å². The number of aromatic nitrogens is 3. The average molecular weight is 254 g/mol. The quantitative estimate of drug-likeness (QED) is 0.822. The predicted octanol–water partition coefficient (Wildman–Crippen LogP) is 0.321. The van der Waals surface area contributed by atoms with Crippen molar-refractivity contribution < 1.29 is 13.5 Å². The van der Waals surface area contributed by atoms with Crippen molar-refractivity contribution in [1.29, 1.82) is 0 Å². The topological polar surface area (TPSA) is 97.1 Å². The Morgan fingerprint density at radius 2 is 2.18 bits per heavy atom. The van der Waals surface area contributed by atoms with Crippen molar-refractivity contribution in [3.63, 3.8) is 0 Å². The van der Waals surface area contributed by atoms with Crippen LogP contribution in [0.25, 0.3) is 0 Å². The van der Waals surface area contributed by atoms with Crippen LogP contribution in [0.15, 0.2) is 35.5 Å². The van der Waals surface area contributed by atoms with Crippen LogP contribution in [0.3, 0.4) is 0 Å². The van der Waals surface area contributed by atoms with Crippen LogP contribution in [-0.4, -0.2) is 28.3 Å². The Morgan fingerprint density at radius 3 is 2.76 bits per heavy atom. The Hall–Kier alpha value is -2.09. The van der Waals surface area contributed by atoms with E-state index in [0.29, 0.717) is 0 Å². The normalized spacial score (nSPS) is 11.4. The predicted molar refractivity (Wildman–Crippen MR) is 59.9 cm³/mol. The lowest BCUT2D eigenvalue weighted by Crippen LogP contribution is -2.16. The Morgan fingerprint density at radius 1 is 1.41 bits per heavy atom. The van der Waals surface area contributed by atoms with Crippen molar-refractivity contribution in [2.45, 2.75) is 4.90 Å². The van der Waals surface area contributed by atoms with Gasteiger partial charge in [0, 0.05) is 13.1 Å². The van der Waals surface area contributed by atoms with E-state index in [1.165, 1.54) is 29.2 Å². The lowest BCUT2D eigenvalue weighted by atomic mass is 10.3. The minimum absolute atomic E-state index is 0.0412. The fraction of sp³-hybridized carbons (Fsp3) is 0.111. The zero-order valence-electron chi connectivity index (χ0n) is 8.90. The number of sulfonamides is 1. The van der Waals surface area contributed by atoms with Gasteiger partial charge in [0.2, 0.25) is 5.95 Å². The molecule has 0 bridgehead atoms. The van der Waals surface area contributed by atoms with Gasteiger partial charge >= 0.3 is 0 Å². The first-order valence-corrected chi connectivity index (χ1v) is 6.13. The molecule has 0 saturated carbocycles. The molecule has 0 aliphatic rings. The molecule has 0 aliphatic heterocycles. The van der Waals surface area contributed by atoms with E-state index in [-0.39, 0.29) is 16.6 Å². The second-order valence-electron chi connectivity index (χ2n) is 3.31. The van der Waals surface area contributed by atoms with Crippen LogP contribution < -0.4 is 4.72 Å². The number of benzene rings is 1. The van der Waals surface area contributed by atoms with Crippen LogP contribution in [0, 0.1) is 0 Å². The molecule has 2 aromatic rings. The molecule has 0 atom stereocenters. The van der Waals surface area contributed by atoms with E-state index in [2.05, 4.69) is 14.8 Å². The molecule has 0 radical (unpaired) electrons. The second kappa shape index (κ2) is 4.06. The maximum atomic E-state index is 11.9. The number of aromatic hydroxyl groups is 1. The lowest BCUT2D eigenvalue weighted by molar-refractivity contribution is 0.473. The largest absolute Gasteiger partial charge is 0.508 e. The highest BCUT2D eigenvalue weighted by Gasteiger charge is 2.16. The molecule has 90 valence electrons. The van der Waals surface area contributed by atoms with E-state index in [0.717, 1.165) is 6.07 Å². The highest BCUT2D eigenvalue weighted by atomic mass is 32.2. The summed E-state index contributed by atoms with van der Waals surface area (Å²) in [6.07, 6.45) is 1.24. The van der Waals surface area contributed by atoms with Crippen molar-refractivity contribution >= 4 is 16.0 Å². The highest BCUT2D eigenvalue weighted by molar-refractivity contribution is 7.92. The molecular weight excluding hydrogens is 244 g/mol. The van der Waals surface area contributed by atoms with Crippen LogP contribution in [0.1, 0.15) is 0 Å². The molecule has 0 spiro atoms. The summed E-state index contributed by atoms with van der Waals surface area (Å²) in [5.41, 5.74) is 0. The average Bonchev–Trinajstić information content (AvgIpc) is 2.64. The van der Waals surface area contributed by atoms with E-state index in [1.54, 1.807) is 7.05 Å². The van der Waals surface area contributed by atoms with Gasteiger partial charge in [0.15, 0.2) is 0 Å². The first-order chi connectivity index (χ1) is 7.99. The van der Waals surface area contributed by atoms with Crippen LogP contribution >= 0.6 is 0 Å². The molecule has 0 unspecified atom stereocenters. The zero-order chi connectivity index (χ0) is 12.5. The van der Waals surface area contributed by atoms with Crippen LogP contribution in [0.5, 0.6) is 5.75 Å². The summed E-state index contributed by atoms with van der Waals surface area (Å²) in [6.45, 7) is 0. The molecular formula is C9H10N4O3S. The summed E-state index contributed by atoms with van der Waals surface area (Å²) in [5, 5.41) is 13.0. The van der Waals surface area contributed by atoms with Gasteiger partial charge in [0.1, 0.15) is 12.1 Å². The molecule has 8 heteroatoms. The van der Waals surface area contributed by atoms with Crippen molar-refractivity contribution in [3.8, 4) is 5.75 Å². The van der Waals surface area contributed by atoms with E-state index >= 15 is 0 Å². The Bertz CT molecular complexity index is 635. The maximum absolute atomic E-state index is 11.9.